The van der Waals surface area contributed by atoms with Gasteiger partial charge in [0.05, 0.1) is 0 Å². The Morgan fingerprint density at radius 3 is 1.44 bits per heavy atom. The predicted molar refractivity (Wildman–Crippen MR) is 88.2 cm³/mol. The summed E-state index contributed by atoms with van der Waals surface area (Å²) < 4.78 is 0. The van der Waals surface area contributed by atoms with Crippen LogP contribution < -0.4 is 0 Å². The van der Waals surface area contributed by atoms with Crippen molar-refractivity contribution in [1.29, 1.82) is 0 Å². The molecule has 0 fully saturated rings. The maximum atomic E-state index is 6.94. The first-order valence-electron chi connectivity index (χ1n) is 5.08. The maximum absolute atomic E-state index is 6.94. The van der Waals surface area contributed by atoms with Crippen LogP contribution in [-0.4, -0.2) is 16.5 Å². The molecule has 0 unspecified atom stereocenters. The third-order valence-electron chi connectivity index (χ3n) is 2.18. The van der Waals surface area contributed by atoms with Gasteiger partial charge in [0.1, 0.15) is 0 Å². The molecule has 0 aromatic heterocycles. The Morgan fingerprint density at radius 2 is 1.39 bits per heavy atom. The van der Waals surface area contributed by atoms with E-state index in [1.165, 1.54) is 11.1 Å². The quantitative estimate of drug-likeness (QED) is 0.477. The first-order valence-corrected chi connectivity index (χ1v) is 5.08. The Bertz CT molecular complexity index is 254. The summed E-state index contributed by atoms with van der Waals surface area (Å²) in [7, 11) is 0. The van der Waals surface area contributed by atoms with Gasteiger partial charge in [-0.15, -0.1) is 12.5 Å². The molecule has 1 aliphatic rings. The van der Waals surface area contributed by atoms with Crippen LogP contribution in [0.15, 0.2) is 17.2 Å². The molecule has 0 aliphatic heterocycles. The zero-order valence-corrected chi connectivity index (χ0v) is 14.6. The fourth-order valence-electron chi connectivity index (χ4n) is 0.988. The van der Waals surface area contributed by atoms with Crippen LogP contribution >= 0.6 is 0 Å². The Labute approximate surface area is 136 Å². The minimum atomic E-state index is -0.250. The van der Waals surface area contributed by atoms with Gasteiger partial charge < -0.3 is 20.6 Å². The summed E-state index contributed by atoms with van der Waals surface area (Å²) in [5.41, 5.74) is 9.71. The van der Waals surface area contributed by atoms with Crippen molar-refractivity contribution in [3.05, 3.63) is 43.9 Å². The first kappa shape index (κ1) is 31.0. The van der Waals surface area contributed by atoms with Gasteiger partial charge in [-0.25, -0.2) is 11.1 Å². The zero-order chi connectivity index (χ0) is 11.6. The molecule has 0 aromatic carbocycles. The number of rotatable bonds is 0. The van der Waals surface area contributed by atoms with Gasteiger partial charge in [-0.1, -0.05) is 47.0 Å². The van der Waals surface area contributed by atoms with Gasteiger partial charge in [0, 0.05) is 0 Å². The zero-order valence-electron chi connectivity index (χ0n) is 13.1. The molecule has 0 spiro atoms. The Kier molecular flexibility index (Phi) is 19.3. The van der Waals surface area contributed by atoms with Gasteiger partial charge in [-0.05, 0) is 11.0 Å². The van der Waals surface area contributed by atoms with E-state index in [9.17, 15) is 0 Å². The molecule has 0 saturated heterocycles. The van der Waals surface area contributed by atoms with Crippen molar-refractivity contribution in [3.63, 3.8) is 0 Å². The maximum Gasteiger partial charge on any atom is 4.00 e. The van der Waals surface area contributed by atoms with Gasteiger partial charge in [0.15, 0.2) is 0 Å². The molecule has 0 radical (unpaired) electrons. The van der Waals surface area contributed by atoms with E-state index in [1.54, 1.807) is 0 Å². The Morgan fingerprint density at radius 1 is 1.11 bits per heavy atom. The third kappa shape index (κ3) is 14.4. The van der Waals surface area contributed by atoms with Crippen LogP contribution in [0, 0.1) is 26.3 Å². The summed E-state index contributed by atoms with van der Waals surface area (Å²) in [6, 6.07) is 0. The van der Waals surface area contributed by atoms with Crippen LogP contribution in [0.4, 0.5) is 0 Å². The molecule has 0 amide bonds. The summed E-state index contributed by atoms with van der Waals surface area (Å²) >= 11 is 0. The molecule has 0 heterocycles. The molecule has 0 aromatic rings. The fourth-order valence-corrected chi connectivity index (χ4v) is 0.988. The summed E-state index contributed by atoms with van der Waals surface area (Å²) in [6.45, 7) is 14.3. The molecular weight excluding hydrogens is 270 g/mol. The molecule has 1 nitrogen and oxygen atoms in total. The van der Waals surface area contributed by atoms with E-state index in [0.717, 1.165) is 0 Å². The van der Waals surface area contributed by atoms with Crippen LogP contribution in [0.2, 0.25) is 0 Å². The second-order valence-corrected chi connectivity index (χ2v) is 5.51. The van der Waals surface area contributed by atoms with E-state index in [1.807, 2.05) is 20.8 Å². The number of hydrogen-bond acceptors (Lipinski definition) is 0. The SMILES string of the molecule is CC(C)(C)[NH-].CC1=C(C)C(C)(C)C=[C-]1.[CH3-].[CH3-].[SiH4].[Ti+4]. The van der Waals surface area contributed by atoms with E-state index in [-0.39, 0.29) is 58.5 Å². The monoisotopic (exact) mass is 303 g/mol. The van der Waals surface area contributed by atoms with Crippen molar-refractivity contribution in [2.45, 2.75) is 54.0 Å². The van der Waals surface area contributed by atoms with Gasteiger partial charge >= 0.3 is 21.7 Å². The van der Waals surface area contributed by atoms with Gasteiger partial charge in [-0.2, -0.15) is 6.08 Å². The molecule has 1 rings (SSSR count). The molecule has 0 atom stereocenters. The molecule has 0 saturated carbocycles. The topological polar surface area (TPSA) is 23.8 Å². The summed E-state index contributed by atoms with van der Waals surface area (Å²) in [5.74, 6) is 0. The van der Waals surface area contributed by atoms with Gasteiger partial charge in [-0.3, -0.25) is 6.08 Å². The Balaban J connectivity index is -0.0000000567. The van der Waals surface area contributed by atoms with Crippen LogP contribution in [0.25, 0.3) is 5.73 Å². The van der Waals surface area contributed by atoms with Crippen molar-refractivity contribution in [1.82, 2.24) is 0 Å². The molecular formula is C15H33NSiTi. The molecule has 106 valence electrons. The minimum absolute atomic E-state index is 0. The van der Waals surface area contributed by atoms with Crippen molar-refractivity contribution >= 4 is 11.0 Å². The average molecular weight is 303 g/mol. The van der Waals surface area contributed by atoms with Gasteiger partial charge in [0.25, 0.3) is 0 Å². The standard InChI is InChI=1S/C9H13.C4H10N.2CH3.H4Si.Ti/c1-7-5-6-9(3,4)8(7)2;1-4(2,3)5;;;;/h6H,1-4H3;5H,1-3H3;2*1H3;1H4;/q4*-1;;+4. The van der Waals surface area contributed by atoms with Crippen molar-refractivity contribution in [2.75, 3.05) is 0 Å². The largest absolute Gasteiger partial charge is 4.00 e. The van der Waals surface area contributed by atoms with Crippen LogP contribution in [0.5, 0.6) is 0 Å². The summed E-state index contributed by atoms with van der Waals surface area (Å²) in [4.78, 5) is 0. The molecule has 18 heavy (non-hydrogen) atoms. The number of hydrogen-bond donors (Lipinski definition) is 0. The predicted octanol–water partition coefficient (Wildman–Crippen LogP) is 4.01. The van der Waals surface area contributed by atoms with E-state index >= 15 is 0 Å². The van der Waals surface area contributed by atoms with Crippen LogP contribution in [0.3, 0.4) is 0 Å². The van der Waals surface area contributed by atoms with Crippen molar-refractivity contribution in [3.8, 4) is 0 Å². The van der Waals surface area contributed by atoms with E-state index < -0.39 is 0 Å². The van der Waals surface area contributed by atoms with Crippen molar-refractivity contribution in [2.24, 2.45) is 5.41 Å². The van der Waals surface area contributed by atoms with Crippen molar-refractivity contribution < 1.29 is 21.7 Å². The normalized spacial score (nSPS) is 15.1. The third-order valence-corrected chi connectivity index (χ3v) is 2.18. The second kappa shape index (κ2) is 11.2. The van der Waals surface area contributed by atoms with Gasteiger partial charge in [0.2, 0.25) is 0 Å². The fraction of sp³-hybridized carbons (Fsp3) is 0.600. The smallest absolute Gasteiger partial charge is 0.673 e. The minimum Gasteiger partial charge on any atom is -0.673 e. The van der Waals surface area contributed by atoms with Crippen LogP contribution in [0.1, 0.15) is 48.5 Å². The number of nitrogens with one attached hydrogen (secondary N) is 1. The molecule has 0 bridgehead atoms. The first-order chi connectivity index (χ1) is 6.04. The van der Waals surface area contributed by atoms with E-state index in [2.05, 4.69) is 39.8 Å². The summed E-state index contributed by atoms with van der Waals surface area (Å²) in [6.07, 6.45) is 5.35. The average Bonchev–Trinajstić information content (AvgIpc) is 2.13. The molecule has 3 heteroatoms. The summed E-state index contributed by atoms with van der Waals surface area (Å²) in [5, 5.41) is 0. The second-order valence-electron chi connectivity index (χ2n) is 5.51. The van der Waals surface area contributed by atoms with Crippen LogP contribution in [-0.2, 0) is 21.7 Å². The molecule has 1 aliphatic carbocycles. The Hall–Kier alpha value is 0.371. The molecule has 1 N–H and O–H groups in total. The van der Waals surface area contributed by atoms with E-state index in [0.29, 0.717) is 0 Å². The number of allylic oxidation sites excluding steroid dienone is 4. The van der Waals surface area contributed by atoms with E-state index in [4.69, 9.17) is 5.73 Å².